The lowest BCUT2D eigenvalue weighted by Crippen LogP contribution is -2.42. The minimum Gasteiger partial charge on any atom is -0.324 e. The zero-order valence-electron chi connectivity index (χ0n) is 14.6. The molecule has 1 heterocycles. The Hall–Kier alpha value is -3.46. The van der Waals surface area contributed by atoms with Gasteiger partial charge >= 0.3 is 6.03 Å². The van der Waals surface area contributed by atoms with Gasteiger partial charge in [-0.3, -0.25) is 24.6 Å². The number of nitrogens with zero attached hydrogens (tertiary/aromatic N) is 2. The molecule has 1 atom stereocenters. The highest BCUT2D eigenvalue weighted by molar-refractivity contribution is 6.32. The van der Waals surface area contributed by atoms with Crippen molar-refractivity contribution >= 4 is 40.8 Å². The number of urea groups is 1. The number of hydrogen-bond donors (Lipinski definition) is 2. The molecule has 28 heavy (non-hydrogen) atoms. The summed E-state index contributed by atoms with van der Waals surface area (Å²) in [5.74, 6) is -1.25. The van der Waals surface area contributed by atoms with Gasteiger partial charge in [0.15, 0.2) is 0 Å². The molecule has 2 aromatic carbocycles. The second-order valence-electron chi connectivity index (χ2n) is 6.28. The second-order valence-corrected chi connectivity index (χ2v) is 6.69. The van der Waals surface area contributed by atoms with Gasteiger partial charge in [0.05, 0.1) is 4.92 Å². The molecule has 0 aliphatic carbocycles. The molecule has 0 aromatic heterocycles. The number of carbonyl (C=O) groups is 3. The van der Waals surface area contributed by atoms with Crippen molar-refractivity contribution in [2.45, 2.75) is 12.5 Å². The van der Waals surface area contributed by atoms with E-state index in [9.17, 15) is 24.5 Å². The molecule has 144 valence electrons. The smallest absolute Gasteiger partial charge is 0.324 e. The Balaban J connectivity index is 1.74. The summed E-state index contributed by atoms with van der Waals surface area (Å²) in [7, 11) is 0. The molecule has 0 spiro atoms. The van der Waals surface area contributed by atoms with E-state index in [1.807, 2.05) is 0 Å². The van der Waals surface area contributed by atoms with Crippen LogP contribution in [0.25, 0.3) is 0 Å². The first-order chi connectivity index (χ1) is 13.2. The number of hydrogen-bond acceptors (Lipinski definition) is 5. The predicted molar refractivity (Wildman–Crippen MR) is 101 cm³/mol. The number of nitro benzene ring substituents is 1. The fourth-order valence-electron chi connectivity index (χ4n) is 2.88. The summed E-state index contributed by atoms with van der Waals surface area (Å²) >= 11 is 5.73. The molecular weight excluding hydrogens is 388 g/mol. The fourth-order valence-corrected chi connectivity index (χ4v) is 3.07. The largest absolute Gasteiger partial charge is 0.325 e. The van der Waals surface area contributed by atoms with Gasteiger partial charge in [0.2, 0.25) is 5.91 Å². The minimum atomic E-state index is -1.28. The van der Waals surface area contributed by atoms with Crippen LogP contribution in [0, 0.1) is 10.1 Å². The maximum atomic E-state index is 12.8. The Labute approximate surface area is 164 Å². The van der Waals surface area contributed by atoms with Gasteiger partial charge in [-0.05, 0) is 24.6 Å². The lowest BCUT2D eigenvalue weighted by Gasteiger charge is -2.22. The van der Waals surface area contributed by atoms with Crippen molar-refractivity contribution in [3.63, 3.8) is 0 Å². The van der Waals surface area contributed by atoms with Crippen LogP contribution in [0.15, 0.2) is 48.5 Å². The quantitative estimate of drug-likeness (QED) is 0.452. The van der Waals surface area contributed by atoms with E-state index in [-0.39, 0.29) is 16.4 Å². The third kappa shape index (κ3) is 3.52. The highest BCUT2D eigenvalue weighted by Crippen LogP contribution is 2.29. The summed E-state index contributed by atoms with van der Waals surface area (Å²) in [6.45, 7) is 1.02. The SMILES string of the molecule is C[C@@]1(c2ccccc2)NC(=O)N(CC(=O)Nc2ccc(Cl)c([N+](=O)[O-])c2)C1=O. The van der Waals surface area contributed by atoms with Gasteiger partial charge in [-0.15, -0.1) is 0 Å². The Morgan fingerprint density at radius 1 is 1.25 bits per heavy atom. The molecule has 1 saturated heterocycles. The number of anilines is 1. The van der Waals surface area contributed by atoms with E-state index in [1.165, 1.54) is 12.1 Å². The zero-order chi connectivity index (χ0) is 20.5. The van der Waals surface area contributed by atoms with Gasteiger partial charge in [0.1, 0.15) is 17.1 Å². The highest BCUT2D eigenvalue weighted by Gasteiger charge is 2.49. The first-order valence-electron chi connectivity index (χ1n) is 8.16. The number of halogens is 1. The van der Waals surface area contributed by atoms with Crippen LogP contribution in [-0.2, 0) is 15.1 Å². The number of rotatable bonds is 5. The fraction of sp³-hybridized carbons (Fsp3) is 0.167. The predicted octanol–water partition coefficient (Wildman–Crippen LogP) is 2.65. The van der Waals surface area contributed by atoms with Crippen LogP contribution in [0.3, 0.4) is 0 Å². The summed E-state index contributed by atoms with van der Waals surface area (Å²) < 4.78 is 0. The van der Waals surface area contributed by atoms with E-state index >= 15 is 0 Å². The van der Waals surface area contributed by atoms with Crippen molar-refractivity contribution in [2.24, 2.45) is 0 Å². The van der Waals surface area contributed by atoms with Crippen molar-refractivity contribution in [1.82, 2.24) is 10.2 Å². The zero-order valence-corrected chi connectivity index (χ0v) is 15.4. The Morgan fingerprint density at radius 2 is 1.93 bits per heavy atom. The van der Waals surface area contributed by atoms with Gasteiger partial charge in [0, 0.05) is 11.8 Å². The molecule has 4 amide bonds. The summed E-state index contributed by atoms with van der Waals surface area (Å²) in [5, 5.41) is 15.9. The van der Waals surface area contributed by atoms with Gasteiger partial charge in [-0.1, -0.05) is 41.9 Å². The molecule has 1 aliphatic heterocycles. The summed E-state index contributed by atoms with van der Waals surface area (Å²) in [6.07, 6.45) is 0. The van der Waals surface area contributed by atoms with E-state index < -0.39 is 34.9 Å². The molecule has 1 fully saturated rings. The van der Waals surface area contributed by atoms with Gasteiger partial charge in [-0.2, -0.15) is 0 Å². The van der Waals surface area contributed by atoms with Crippen LogP contribution in [0.5, 0.6) is 0 Å². The molecule has 1 aliphatic rings. The van der Waals surface area contributed by atoms with Crippen molar-refractivity contribution < 1.29 is 19.3 Å². The third-order valence-corrected chi connectivity index (χ3v) is 4.67. The molecule has 3 rings (SSSR count). The van der Waals surface area contributed by atoms with Gasteiger partial charge < -0.3 is 10.6 Å². The highest BCUT2D eigenvalue weighted by atomic mass is 35.5. The van der Waals surface area contributed by atoms with Crippen LogP contribution in [0.2, 0.25) is 5.02 Å². The number of amides is 4. The summed E-state index contributed by atoms with van der Waals surface area (Å²) in [6, 6.07) is 11.7. The first kappa shape index (κ1) is 19.3. The number of carbonyl (C=O) groups excluding carboxylic acids is 3. The number of nitrogens with one attached hydrogen (secondary N) is 2. The van der Waals surface area contributed by atoms with Crippen LogP contribution < -0.4 is 10.6 Å². The van der Waals surface area contributed by atoms with Crippen molar-refractivity contribution in [3.05, 3.63) is 69.2 Å². The van der Waals surface area contributed by atoms with Gasteiger partial charge in [-0.25, -0.2) is 4.79 Å². The summed E-state index contributed by atoms with van der Waals surface area (Å²) in [5.41, 5.74) is -0.938. The van der Waals surface area contributed by atoms with E-state index in [0.29, 0.717) is 5.56 Å². The Morgan fingerprint density at radius 3 is 2.57 bits per heavy atom. The topological polar surface area (TPSA) is 122 Å². The normalized spacial score (nSPS) is 18.7. The third-order valence-electron chi connectivity index (χ3n) is 4.35. The monoisotopic (exact) mass is 402 g/mol. The van der Waals surface area contributed by atoms with Crippen molar-refractivity contribution in [2.75, 3.05) is 11.9 Å². The Bertz CT molecular complexity index is 981. The number of benzene rings is 2. The van der Waals surface area contributed by atoms with Crippen LogP contribution in [-0.4, -0.2) is 34.2 Å². The summed E-state index contributed by atoms with van der Waals surface area (Å²) in [4.78, 5) is 48.4. The molecule has 9 nitrogen and oxygen atoms in total. The van der Waals surface area contributed by atoms with Crippen molar-refractivity contribution in [1.29, 1.82) is 0 Å². The molecule has 0 unspecified atom stereocenters. The van der Waals surface area contributed by atoms with Crippen molar-refractivity contribution in [3.8, 4) is 0 Å². The molecular formula is C18H15ClN4O5. The van der Waals surface area contributed by atoms with E-state index in [1.54, 1.807) is 37.3 Å². The molecule has 0 saturated carbocycles. The Kier molecular flexibility index (Phi) is 5.02. The van der Waals surface area contributed by atoms with E-state index in [2.05, 4.69) is 10.6 Å². The lowest BCUT2D eigenvalue weighted by molar-refractivity contribution is -0.384. The standard InChI is InChI=1S/C18H15ClN4O5/c1-18(11-5-3-2-4-6-11)16(25)22(17(26)21-18)10-15(24)20-12-7-8-13(19)14(9-12)23(27)28/h2-9H,10H2,1H3,(H,20,24)(H,21,26)/t18-/m0/s1. The second kappa shape index (κ2) is 7.28. The number of imide groups is 1. The molecule has 2 N–H and O–H groups in total. The number of nitro groups is 1. The van der Waals surface area contributed by atoms with Crippen LogP contribution in [0.4, 0.5) is 16.2 Å². The maximum Gasteiger partial charge on any atom is 0.325 e. The molecule has 10 heteroatoms. The van der Waals surface area contributed by atoms with E-state index in [4.69, 9.17) is 11.6 Å². The molecule has 0 bridgehead atoms. The molecule has 0 radical (unpaired) electrons. The molecule has 2 aromatic rings. The first-order valence-corrected chi connectivity index (χ1v) is 8.53. The van der Waals surface area contributed by atoms with E-state index in [0.717, 1.165) is 11.0 Å². The lowest BCUT2D eigenvalue weighted by atomic mass is 9.92. The van der Waals surface area contributed by atoms with Gasteiger partial charge in [0.25, 0.3) is 11.6 Å². The maximum absolute atomic E-state index is 12.8. The minimum absolute atomic E-state index is 0.0734. The average Bonchev–Trinajstić information content (AvgIpc) is 2.88. The average molecular weight is 403 g/mol. The van der Waals surface area contributed by atoms with Crippen LogP contribution >= 0.6 is 11.6 Å². The van der Waals surface area contributed by atoms with Crippen LogP contribution in [0.1, 0.15) is 12.5 Å².